The van der Waals surface area contributed by atoms with Gasteiger partial charge in [0.25, 0.3) is 0 Å². The molecule has 0 atom stereocenters. The molecule has 9 nitrogen and oxygen atoms in total. The van der Waals surface area contributed by atoms with Gasteiger partial charge < -0.3 is 5.32 Å². The van der Waals surface area contributed by atoms with Crippen LogP contribution in [0.25, 0.3) is 10.2 Å². The summed E-state index contributed by atoms with van der Waals surface area (Å²) in [7, 11) is 0. The van der Waals surface area contributed by atoms with Crippen molar-refractivity contribution in [1.29, 1.82) is 0 Å². The monoisotopic (exact) mass is 277 g/mol. The Morgan fingerprint density at radius 3 is 3.11 bits per heavy atom. The van der Waals surface area contributed by atoms with E-state index < -0.39 is 4.92 Å². The lowest BCUT2D eigenvalue weighted by Gasteiger charge is -2.04. The van der Waals surface area contributed by atoms with Gasteiger partial charge in [0.1, 0.15) is 5.69 Å². The average Bonchev–Trinajstić information content (AvgIpc) is 3.06. The van der Waals surface area contributed by atoms with Crippen LogP contribution in [-0.2, 0) is 6.54 Å². The van der Waals surface area contributed by atoms with Gasteiger partial charge in [0.15, 0.2) is 11.3 Å². The van der Waals surface area contributed by atoms with Crippen LogP contribution in [0.5, 0.6) is 0 Å². The fourth-order valence-corrected chi connectivity index (χ4v) is 2.36. The Hall–Kier alpha value is -2.62. The Morgan fingerprint density at radius 2 is 2.37 bits per heavy atom. The number of rotatable bonds is 4. The van der Waals surface area contributed by atoms with Crippen molar-refractivity contribution in [2.75, 3.05) is 5.32 Å². The predicted molar refractivity (Wildman–Crippen MR) is 67.8 cm³/mol. The number of anilines is 1. The van der Waals surface area contributed by atoms with Gasteiger partial charge in [-0.1, -0.05) is 5.21 Å². The first-order valence-electron chi connectivity index (χ1n) is 5.22. The predicted octanol–water partition coefficient (Wildman–Crippen LogP) is 1.33. The summed E-state index contributed by atoms with van der Waals surface area (Å²) in [5, 5.41) is 27.3. The number of aromatic nitrogens is 5. The normalized spacial score (nSPS) is 10.7. The molecule has 96 valence electrons. The maximum Gasteiger partial charge on any atom is 0.319 e. The summed E-state index contributed by atoms with van der Waals surface area (Å²) in [6.45, 7) is 0.243. The lowest BCUT2D eigenvalue weighted by Crippen LogP contribution is -2.04. The Kier molecular flexibility index (Phi) is 2.76. The van der Waals surface area contributed by atoms with Crippen molar-refractivity contribution in [1.82, 2.24) is 25.6 Å². The van der Waals surface area contributed by atoms with Crippen LogP contribution < -0.4 is 5.32 Å². The molecule has 19 heavy (non-hydrogen) atoms. The number of H-pyrrole nitrogens is 1. The van der Waals surface area contributed by atoms with Crippen molar-refractivity contribution in [2.45, 2.75) is 6.54 Å². The number of nitro benzene ring substituents is 1. The standard InChI is InChI=1S/C9H7N7O2S/c17-16(18)9-5(10-3-7-12-14-15-13-7)1-2-6-8(9)11-4-19-6/h1-2,4,10H,3H2,(H,12,13,14,15). The van der Waals surface area contributed by atoms with Crippen LogP contribution in [0.4, 0.5) is 11.4 Å². The molecule has 0 bridgehead atoms. The van der Waals surface area contributed by atoms with E-state index in [9.17, 15) is 10.1 Å². The maximum absolute atomic E-state index is 11.2. The average molecular weight is 277 g/mol. The summed E-state index contributed by atoms with van der Waals surface area (Å²) in [4.78, 5) is 14.8. The molecule has 2 heterocycles. The van der Waals surface area contributed by atoms with Crippen LogP contribution in [0, 0.1) is 10.1 Å². The van der Waals surface area contributed by atoms with E-state index >= 15 is 0 Å². The Labute approximate surface area is 109 Å². The van der Waals surface area contributed by atoms with Gasteiger partial charge in [-0.3, -0.25) is 10.1 Å². The van der Waals surface area contributed by atoms with Crippen molar-refractivity contribution in [3.63, 3.8) is 0 Å². The molecular weight excluding hydrogens is 270 g/mol. The number of hydrogen-bond donors (Lipinski definition) is 2. The Morgan fingerprint density at radius 1 is 1.47 bits per heavy atom. The zero-order chi connectivity index (χ0) is 13.2. The van der Waals surface area contributed by atoms with Crippen LogP contribution in [0.2, 0.25) is 0 Å². The highest BCUT2D eigenvalue weighted by Crippen LogP contribution is 2.34. The fraction of sp³-hybridized carbons (Fsp3) is 0.111. The van der Waals surface area contributed by atoms with E-state index in [-0.39, 0.29) is 12.2 Å². The smallest absolute Gasteiger partial charge is 0.319 e. The first-order chi connectivity index (χ1) is 9.25. The summed E-state index contributed by atoms with van der Waals surface area (Å²) < 4.78 is 0.775. The van der Waals surface area contributed by atoms with Crippen LogP contribution in [0.3, 0.4) is 0 Å². The van der Waals surface area contributed by atoms with Crippen LogP contribution in [0.1, 0.15) is 5.82 Å². The van der Waals surface area contributed by atoms with Crippen molar-refractivity contribution in [3.05, 3.63) is 33.6 Å². The van der Waals surface area contributed by atoms with Crippen LogP contribution in [-0.4, -0.2) is 30.5 Å². The quantitative estimate of drug-likeness (QED) is 0.544. The van der Waals surface area contributed by atoms with Gasteiger partial charge in [-0.25, -0.2) is 4.98 Å². The minimum atomic E-state index is -0.444. The van der Waals surface area contributed by atoms with E-state index in [0.29, 0.717) is 17.0 Å². The van der Waals surface area contributed by atoms with E-state index in [1.165, 1.54) is 11.3 Å². The van der Waals surface area contributed by atoms with Gasteiger partial charge in [-0.2, -0.15) is 5.21 Å². The van der Waals surface area contributed by atoms with E-state index in [1.807, 2.05) is 0 Å². The number of nitrogens with one attached hydrogen (secondary N) is 2. The molecule has 2 aromatic heterocycles. The lowest BCUT2D eigenvalue weighted by molar-refractivity contribution is -0.382. The van der Waals surface area contributed by atoms with Gasteiger partial charge in [-0.15, -0.1) is 21.5 Å². The molecular formula is C9H7N7O2S. The van der Waals surface area contributed by atoms with Crippen molar-refractivity contribution >= 4 is 32.9 Å². The van der Waals surface area contributed by atoms with Gasteiger partial charge in [0.05, 0.1) is 21.7 Å². The van der Waals surface area contributed by atoms with Gasteiger partial charge >= 0.3 is 5.69 Å². The minimum Gasteiger partial charge on any atom is -0.372 e. The van der Waals surface area contributed by atoms with Crippen molar-refractivity contribution < 1.29 is 4.92 Å². The summed E-state index contributed by atoms with van der Waals surface area (Å²) in [6, 6.07) is 3.44. The zero-order valence-electron chi connectivity index (χ0n) is 9.40. The molecule has 0 aliphatic carbocycles. The molecule has 1 aromatic carbocycles. The van der Waals surface area contributed by atoms with Gasteiger partial charge in [-0.05, 0) is 12.1 Å². The topological polar surface area (TPSA) is 123 Å². The molecule has 0 aliphatic heterocycles. The number of thiazole rings is 1. The molecule has 0 saturated carbocycles. The molecule has 0 saturated heterocycles. The highest BCUT2D eigenvalue weighted by Gasteiger charge is 2.20. The second kappa shape index (κ2) is 4.57. The second-order valence-electron chi connectivity index (χ2n) is 3.60. The number of tetrazole rings is 1. The SMILES string of the molecule is O=[N+]([O-])c1c(NCc2nn[nH]n2)ccc2scnc12. The third kappa shape index (κ3) is 2.08. The molecule has 0 fully saturated rings. The molecule has 10 heteroatoms. The second-order valence-corrected chi connectivity index (χ2v) is 4.49. The molecule has 3 aromatic rings. The minimum absolute atomic E-state index is 0.0396. The molecule has 0 unspecified atom stereocenters. The summed E-state index contributed by atoms with van der Waals surface area (Å²) in [5.41, 5.74) is 2.31. The van der Waals surface area contributed by atoms with E-state index in [2.05, 4.69) is 30.9 Å². The molecule has 0 aliphatic rings. The number of aromatic amines is 1. The highest BCUT2D eigenvalue weighted by atomic mass is 32.1. The lowest BCUT2D eigenvalue weighted by atomic mass is 10.2. The molecule has 0 radical (unpaired) electrons. The molecule has 0 amide bonds. The largest absolute Gasteiger partial charge is 0.372 e. The van der Waals surface area contributed by atoms with E-state index in [1.54, 1.807) is 17.6 Å². The van der Waals surface area contributed by atoms with E-state index in [4.69, 9.17) is 0 Å². The Balaban J connectivity index is 1.97. The number of hydrogen-bond acceptors (Lipinski definition) is 8. The molecule has 3 rings (SSSR count). The van der Waals surface area contributed by atoms with Gasteiger partial charge in [0, 0.05) is 0 Å². The third-order valence-electron chi connectivity index (χ3n) is 2.48. The Bertz CT molecular complexity index is 723. The molecule has 2 N–H and O–H groups in total. The third-order valence-corrected chi connectivity index (χ3v) is 3.28. The fourth-order valence-electron chi connectivity index (χ4n) is 1.68. The number of nitro groups is 1. The van der Waals surface area contributed by atoms with Crippen LogP contribution >= 0.6 is 11.3 Å². The van der Waals surface area contributed by atoms with Crippen molar-refractivity contribution in [2.24, 2.45) is 0 Å². The summed E-state index contributed by atoms with van der Waals surface area (Å²) >= 11 is 1.36. The molecule has 0 spiro atoms. The first-order valence-corrected chi connectivity index (χ1v) is 6.10. The maximum atomic E-state index is 11.2. The van der Waals surface area contributed by atoms with Crippen molar-refractivity contribution in [3.8, 4) is 0 Å². The van der Waals surface area contributed by atoms with Crippen LogP contribution in [0.15, 0.2) is 17.6 Å². The number of fused-ring (bicyclic) bond motifs is 1. The first kappa shape index (κ1) is 11.5. The van der Waals surface area contributed by atoms with Gasteiger partial charge in [0.2, 0.25) is 0 Å². The number of nitrogens with zero attached hydrogens (tertiary/aromatic N) is 5. The van der Waals surface area contributed by atoms with E-state index in [0.717, 1.165) is 4.70 Å². The highest BCUT2D eigenvalue weighted by molar-refractivity contribution is 7.16. The number of benzene rings is 1. The summed E-state index contributed by atoms with van der Waals surface area (Å²) in [5.74, 6) is 0.424. The summed E-state index contributed by atoms with van der Waals surface area (Å²) in [6.07, 6.45) is 0. The zero-order valence-corrected chi connectivity index (χ0v) is 10.2.